The van der Waals surface area contributed by atoms with E-state index in [4.69, 9.17) is 0 Å². The minimum Gasteiger partial charge on any atom is -0.363 e. The number of nitrogens with zero attached hydrogens (tertiary/aromatic N) is 5. The fourth-order valence-corrected chi connectivity index (χ4v) is 2.47. The van der Waals surface area contributed by atoms with Gasteiger partial charge in [-0.05, 0) is 0 Å². The van der Waals surface area contributed by atoms with Crippen LogP contribution in [0.2, 0.25) is 0 Å². The summed E-state index contributed by atoms with van der Waals surface area (Å²) in [5, 5.41) is 16.4. The molecule has 0 fully saturated rings. The topological polar surface area (TPSA) is 75.9 Å². The predicted molar refractivity (Wildman–Crippen MR) is 83.7 cm³/mol. The van der Waals surface area contributed by atoms with Crippen molar-refractivity contribution in [2.75, 3.05) is 23.8 Å². The van der Waals surface area contributed by atoms with Crippen molar-refractivity contribution in [3.05, 3.63) is 17.4 Å². The van der Waals surface area contributed by atoms with Gasteiger partial charge in [-0.15, -0.1) is 10.2 Å². The lowest BCUT2D eigenvalue weighted by atomic mass is 9.98. The first kappa shape index (κ1) is 15.4. The number of carbonyl (C=O) groups excluding carboxylic acids is 1. The van der Waals surface area contributed by atoms with E-state index in [-0.39, 0.29) is 17.9 Å². The van der Waals surface area contributed by atoms with Crippen molar-refractivity contribution in [3.63, 3.8) is 0 Å². The Bertz CT molecular complexity index is 627. The van der Waals surface area contributed by atoms with Gasteiger partial charge in [-0.2, -0.15) is 5.10 Å². The van der Waals surface area contributed by atoms with Gasteiger partial charge in [0.2, 0.25) is 11.0 Å². The third kappa shape index (κ3) is 4.01. The van der Waals surface area contributed by atoms with Gasteiger partial charge in [0.25, 0.3) is 0 Å². The fraction of sp³-hybridized carbons (Fsp3) is 0.538. The SMILES string of the molecule is CN(CC(=O)Nc1nnc(C(C)(C)C)s1)c1cnn(C)c1. The van der Waals surface area contributed by atoms with Crippen LogP contribution in [-0.4, -0.2) is 39.5 Å². The summed E-state index contributed by atoms with van der Waals surface area (Å²) >= 11 is 1.41. The minimum atomic E-state index is -0.127. The lowest BCUT2D eigenvalue weighted by Gasteiger charge is -2.15. The van der Waals surface area contributed by atoms with Crippen LogP contribution in [0.5, 0.6) is 0 Å². The number of nitrogens with one attached hydrogen (secondary N) is 1. The maximum atomic E-state index is 12.0. The maximum Gasteiger partial charge on any atom is 0.245 e. The molecule has 0 atom stereocenters. The molecule has 2 heterocycles. The molecule has 2 rings (SSSR count). The van der Waals surface area contributed by atoms with Crippen molar-refractivity contribution in [1.29, 1.82) is 0 Å². The monoisotopic (exact) mass is 308 g/mol. The molecular formula is C13H20N6OS. The van der Waals surface area contributed by atoms with E-state index >= 15 is 0 Å². The van der Waals surface area contributed by atoms with Crippen molar-refractivity contribution in [2.24, 2.45) is 7.05 Å². The highest BCUT2D eigenvalue weighted by atomic mass is 32.1. The molecule has 8 heteroatoms. The van der Waals surface area contributed by atoms with E-state index in [0.29, 0.717) is 5.13 Å². The zero-order chi connectivity index (χ0) is 15.6. The second kappa shape index (κ2) is 5.80. The number of amides is 1. The highest BCUT2D eigenvalue weighted by Gasteiger charge is 2.20. The molecule has 0 unspecified atom stereocenters. The average Bonchev–Trinajstić information content (AvgIpc) is 2.97. The summed E-state index contributed by atoms with van der Waals surface area (Å²) in [6.07, 6.45) is 3.58. The fourth-order valence-electron chi connectivity index (χ4n) is 1.65. The van der Waals surface area contributed by atoms with Crippen LogP contribution < -0.4 is 10.2 Å². The molecular weight excluding hydrogens is 288 g/mol. The molecule has 2 aromatic rings. The Kier molecular flexibility index (Phi) is 4.26. The van der Waals surface area contributed by atoms with Gasteiger partial charge in [-0.1, -0.05) is 32.1 Å². The number of hydrogen-bond donors (Lipinski definition) is 1. The van der Waals surface area contributed by atoms with Gasteiger partial charge < -0.3 is 4.90 Å². The molecule has 1 N–H and O–H groups in total. The Hall–Kier alpha value is -1.96. The second-order valence-electron chi connectivity index (χ2n) is 5.94. The summed E-state index contributed by atoms with van der Waals surface area (Å²) in [4.78, 5) is 13.8. The number of carbonyl (C=O) groups is 1. The first-order valence-electron chi connectivity index (χ1n) is 6.59. The van der Waals surface area contributed by atoms with Gasteiger partial charge in [0.05, 0.1) is 18.4 Å². The molecule has 114 valence electrons. The van der Waals surface area contributed by atoms with E-state index in [1.54, 1.807) is 10.9 Å². The van der Waals surface area contributed by atoms with Gasteiger partial charge in [0.1, 0.15) is 5.01 Å². The van der Waals surface area contributed by atoms with E-state index < -0.39 is 0 Å². The number of aromatic nitrogens is 4. The lowest BCUT2D eigenvalue weighted by Crippen LogP contribution is -2.29. The quantitative estimate of drug-likeness (QED) is 0.929. The molecule has 0 saturated heterocycles. The first-order chi connectivity index (χ1) is 9.75. The summed E-state index contributed by atoms with van der Waals surface area (Å²) in [6.45, 7) is 6.43. The number of rotatable bonds is 4. The van der Waals surface area contributed by atoms with Crippen molar-refractivity contribution < 1.29 is 4.79 Å². The third-order valence-corrected chi connectivity index (χ3v) is 4.09. The third-order valence-electron chi connectivity index (χ3n) is 2.83. The van der Waals surface area contributed by atoms with E-state index in [1.165, 1.54) is 11.3 Å². The van der Waals surface area contributed by atoms with Crippen LogP contribution >= 0.6 is 11.3 Å². The molecule has 0 radical (unpaired) electrons. The molecule has 0 spiro atoms. The largest absolute Gasteiger partial charge is 0.363 e. The molecule has 1 amide bonds. The molecule has 0 saturated carbocycles. The molecule has 21 heavy (non-hydrogen) atoms. The maximum absolute atomic E-state index is 12.0. The van der Waals surface area contributed by atoms with Gasteiger partial charge >= 0.3 is 0 Å². The summed E-state index contributed by atoms with van der Waals surface area (Å²) in [5.74, 6) is -0.127. The summed E-state index contributed by atoms with van der Waals surface area (Å²) in [7, 11) is 3.68. The van der Waals surface area contributed by atoms with E-state index in [9.17, 15) is 4.79 Å². The molecule has 0 aliphatic rings. The van der Waals surface area contributed by atoms with E-state index in [1.807, 2.05) is 25.2 Å². The van der Waals surface area contributed by atoms with Gasteiger partial charge in [-0.25, -0.2) is 0 Å². The number of aryl methyl sites for hydroxylation is 1. The molecule has 0 aliphatic heterocycles. The van der Waals surface area contributed by atoms with E-state index in [2.05, 4.69) is 41.4 Å². The minimum absolute atomic E-state index is 0.0624. The Morgan fingerprint density at radius 2 is 2.14 bits per heavy atom. The molecule has 2 aromatic heterocycles. The first-order valence-corrected chi connectivity index (χ1v) is 7.41. The number of likely N-dealkylation sites (N-methyl/N-ethyl adjacent to an activating group) is 1. The highest BCUT2D eigenvalue weighted by molar-refractivity contribution is 7.15. The molecule has 7 nitrogen and oxygen atoms in total. The Morgan fingerprint density at radius 1 is 1.43 bits per heavy atom. The standard InChI is InChI=1S/C13H20N6OS/c1-13(2,3)11-16-17-12(21-11)15-10(20)8-18(4)9-6-14-19(5)7-9/h6-7H,8H2,1-5H3,(H,15,17,20). The smallest absolute Gasteiger partial charge is 0.245 e. The second-order valence-corrected chi connectivity index (χ2v) is 6.92. The summed E-state index contributed by atoms with van der Waals surface area (Å²) in [5.41, 5.74) is 0.827. The Morgan fingerprint density at radius 3 is 2.67 bits per heavy atom. The highest BCUT2D eigenvalue weighted by Crippen LogP contribution is 2.27. The van der Waals surface area contributed by atoms with Crippen LogP contribution in [0.1, 0.15) is 25.8 Å². The van der Waals surface area contributed by atoms with Crippen molar-refractivity contribution in [2.45, 2.75) is 26.2 Å². The van der Waals surface area contributed by atoms with Crippen molar-refractivity contribution >= 4 is 28.1 Å². The van der Waals surface area contributed by atoms with Gasteiger partial charge in [-0.3, -0.25) is 14.8 Å². The van der Waals surface area contributed by atoms with Crippen LogP contribution in [0.3, 0.4) is 0 Å². The summed E-state index contributed by atoms with van der Waals surface area (Å²) in [6, 6.07) is 0. The Labute approximate surface area is 128 Å². The summed E-state index contributed by atoms with van der Waals surface area (Å²) < 4.78 is 1.70. The normalized spacial score (nSPS) is 11.5. The van der Waals surface area contributed by atoms with Crippen LogP contribution in [0, 0.1) is 0 Å². The molecule has 0 bridgehead atoms. The molecule has 0 aliphatic carbocycles. The van der Waals surface area contributed by atoms with Gasteiger partial charge in [0, 0.05) is 25.7 Å². The van der Waals surface area contributed by atoms with Crippen LogP contribution in [0.25, 0.3) is 0 Å². The van der Waals surface area contributed by atoms with Gasteiger partial charge in [0.15, 0.2) is 0 Å². The zero-order valence-corrected chi connectivity index (χ0v) is 13.7. The van der Waals surface area contributed by atoms with Crippen molar-refractivity contribution in [3.8, 4) is 0 Å². The predicted octanol–water partition coefficient (Wildman–Crippen LogP) is 1.64. The van der Waals surface area contributed by atoms with Crippen LogP contribution in [0.15, 0.2) is 12.4 Å². The zero-order valence-electron chi connectivity index (χ0n) is 12.9. The molecule has 0 aromatic carbocycles. The van der Waals surface area contributed by atoms with E-state index in [0.717, 1.165) is 10.7 Å². The average molecular weight is 308 g/mol. The lowest BCUT2D eigenvalue weighted by molar-refractivity contribution is -0.114. The van der Waals surface area contributed by atoms with Crippen molar-refractivity contribution in [1.82, 2.24) is 20.0 Å². The number of hydrogen-bond acceptors (Lipinski definition) is 6. The number of anilines is 2. The van der Waals surface area contributed by atoms with Crippen LogP contribution in [-0.2, 0) is 17.3 Å². The Balaban J connectivity index is 1.94. The van der Waals surface area contributed by atoms with Crippen LogP contribution in [0.4, 0.5) is 10.8 Å².